The average molecular weight is 479 g/mol. The fourth-order valence-electron chi connectivity index (χ4n) is 3.54. The predicted octanol–water partition coefficient (Wildman–Crippen LogP) is 3.84. The molecule has 0 aliphatic rings. The second kappa shape index (κ2) is 10.1. The molecule has 8 nitrogen and oxygen atoms in total. The lowest BCUT2D eigenvalue weighted by Gasteiger charge is -2.22. The minimum Gasteiger partial charge on any atom is -0.468 e. The van der Waals surface area contributed by atoms with Gasteiger partial charge in [0.25, 0.3) is 0 Å². The first kappa shape index (κ1) is 23.5. The summed E-state index contributed by atoms with van der Waals surface area (Å²) in [5.74, 6) is 0.0417. The molecule has 0 fully saturated rings. The number of carbonyl (C=O) groups excluding carboxylic acids is 1. The maximum absolute atomic E-state index is 13.3. The summed E-state index contributed by atoms with van der Waals surface area (Å²) < 4.78 is 35.0. The summed E-state index contributed by atoms with van der Waals surface area (Å²) in [5, 5.41) is 2.90. The Morgan fingerprint density at radius 2 is 1.85 bits per heavy atom. The van der Waals surface area contributed by atoms with E-state index in [9.17, 15) is 13.2 Å². The van der Waals surface area contributed by atoms with E-state index < -0.39 is 15.9 Å². The number of benzene rings is 2. The van der Waals surface area contributed by atoms with Gasteiger partial charge in [-0.1, -0.05) is 29.8 Å². The van der Waals surface area contributed by atoms with Crippen LogP contribution in [0.4, 0.5) is 0 Å². The van der Waals surface area contributed by atoms with Gasteiger partial charge in [-0.05, 0) is 55.8 Å². The highest BCUT2D eigenvalue weighted by molar-refractivity contribution is 7.89. The average Bonchev–Trinajstić information content (AvgIpc) is 3.54. The van der Waals surface area contributed by atoms with Crippen molar-refractivity contribution in [2.75, 3.05) is 6.54 Å². The Labute approximate surface area is 198 Å². The number of hydrogen-bond donors (Lipinski definition) is 1. The summed E-state index contributed by atoms with van der Waals surface area (Å²) in [6.07, 6.45) is 6.74. The largest absolute Gasteiger partial charge is 0.468 e. The maximum Gasteiger partial charge on any atom is 0.243 e. The van der Waals surface area contributed by atoms with E-state index in [1.165, 1.54) is 6.26 Å². The van der Waals surface area contributed by atoms with E-state index in [1.807, 2.05) is 48.9 Å². The SMILES string of the molecule is Cc1ccc(S(=O)(=O)N(CC(=O)NC(C)c2ccc(-n3ccnc3)cc2)Cc2ccco2)cc1. The second-order valence-corrected chi connectivity index (χ2v) is 9.95. The first-order valence-electron chi connectivity index (χ1n) is 10.8. The standard InChI is InChI=1S/C25H26N4O4S/c1-19-5-11-24(12-6-19)34(31,32)29(16-23-4-3-15-33-23)17-25(30)27-20(2)21-7-9-22(10-8-21)28-14-13-26-18-28/h3-15,18,20H,16-17H2,1-2H3,(H,27,30). The number of aryl methyl sites for hydroxylation is 1. The summed E-state index contributed by atoms with van der Waals surface area (Å²) >= 11 is 0. The van der Waals surface area contributed by atoms with Gasteiger partial charge in [0.1, 0.15) is 5.76 Å². The van der Waals surface area contributed by atoms with Crippen molar-refractivity contribution in [3.63, 3.8) is 0 Å². The van der Waals surface area contributed by atoms with Crippen LogP contribution in [-0.4, -0.2) is 34.7 Å². The minimum absolute atomic E-state index is 0.0510. The first-order valence-corrected chi connectivity index (χ1v) is 12.2. The molecule has 0 radical (unpaired) electrons. The summed E-state index contributed by atoms with van der Waals surface area (Å²) in [4.78, 5) is 17.1. The third kappa shape index (κ3) is 5.44. The molecule has 1 N–H and O–H groups in total. The van der Waals surface area contributed by atoms with Crippen LogP contribution < -0.4 is 5.32 Å². The molecule has 0 spiro atoms. The fourth-order valence-corrected chi connectivity index (χ4v) is 4.90. The lowest BCUT2D eigenvalue weighted by atomic mass is 10.1. The summed E-state index contributed by atoms with van der Waals surface area (Å²) in [6.45, 7) is 3.35. The molecule has 1 amide bonds. The summed E-state index contributed by atoms with van der Waals surface area (Å²) in [6, 6.07) is 17.3. The Balaban J connectivity index is 1.48. The van der Waals surface area contributed by atoms with Crippen LogP contribution in [0.3, 0.4) is 0 Å². The quantitative estimate of drug-likeness (QED) is 0.394. The van der Waals surface area contributed by atoms with Crippen molar-refractivity contribution >= 4 is 15.9 Å². The molecule has 2 heterocycles. The molecular formula is C25H26N4O4S. The van der Waals surface area contributed by atoms with Gasteiger partial charge in [0.15, 0.2) is 0 Å². The van der Waals surface area contributed by atoms with Gasteiger partial charge in [0, 0.05) is 18.1 Å². The minimum atomic E-state index is -3.92. The third-order valence-electron chi connectivity index (χ3n) is 5.46. The van der Waals surface area contributed by atoms with Crippen LogP contribution in [0.5, 0.6) is 0 Å². The molecule has 0 aliphatic heterocycles. The third-order valence-corrected chi connectivity index (χ3v) is 7.27. The van der Waals surface area contributed by atoms with Gasteiger partial charge in [0.05, 0.1) is 36.6 Å². The molecule has 4 rings (SSSR count). The first-order chi connectivity index (χ1) is 16.3. The monoisotopic (exact) mass is 478 g/mol. The molecule has 0 bridgehead atoms. The lowest BCUT2D eigenvalue weighted by molar-refractivity contribution is -0.122. The Morgan fingerprint density at radius 3 is 2.47 bits per heavy atom. The van der Waals surface area contributed by atoms with Gasteiger partial charge in [0.2, 0.25) is 15.9 Å². The number of imidazole rings is 1. The molecule has 9 heteroatoms. The molecule has 34 heavy (non-hydrogen) atoms. The van der Waals surface area contributed by atoms with Crippen LogP contribution >= 0.6 is 0 Å². The van der Waals surface area contributed by atoms with Gasteiger partial charge in [-0.25, -0.2) is 13.4 Å². The number of carbonyl (C=O) groups is 1. The highest BCUT2D eigenvalue weighted by Crippen LogP contribution is 2.20. The number of amides is 1. The van der Waals surface area contributed by atoms with E-state index >= 15 is 0 Å². The number of rotatable bonds is 9. The second-order valence-electron chi connectivity index (χ2n) is 8.02. The Morgan fingerprint density at radius 1 is 1.12 bits per heavy atom. The number of sulfonamides is 1. The fraction of sp³-hybridized carbons (Fsp3) is 0.200. The lowest BCUT2D eigenvalue weighted by Crippen LogP contribution is -2.41. The Bertz CT molecular complexity index is 1310. The predicted molar refractivity (Wildman–Crippen MR) is 128 cm³/mol. The molecular weight excluding hydrogens is 452 g/mol. The molecule has 176 valence electrons. The van der Waals surface area contributed by atoms with Gasteiger partial charge < -0.3 is 14.3 Å². The van der Waals surface area contributed by atoms with Crippen molar-refractivity contribution in [3.05, 3.63) is 103 Å². The Hall–Kier alpha value is -3.69. The topological polar surface area (TPSA) is 97.4 Å². The van der Waals surface area contributed by atoms with Crippen LogP contribution in [0, 0.1) is 6.92 Å². The number of hydrogen-bond acceptors (Lipinski definition) is 5. The van der Waals surface area contributed by atoms with Crippen LogP contribution in [0.25, 0.3) is 5.69 Å². The van der Waals surface area contributed by atoms with Crippen molar-refractivity contribution in [1.29, 1.82) is 0 Å². The molecule has 0 aliphatic carbocycles. The van der Waals surface area contributed by atoms with Gasteiger partial charge >= 0.3 is 0 Å². The van der Waals surface area contributed by atoms with Crippen LogP contribution in [0.2, 0.25) is 0 Å². The van der Waals surface area contributed by atoms with Gasteiger partial charge in [-0.2, -0.15) is 4.31 Å². The van der Waals surface area contributed by atoms with Crippen LogP contribution in [0.1, 0.15) is 29.9 Å². The molecule has 2 aromatic carbocycles. The van der Waals surface area contributed by atoms with Gasteiger partial charge in [-0.3, -0.25) is 4.79 Å². The summed E-state index contributed by atoms with van der Waals surface area (Å²) in [5.41, 5.74) is 2.80. The van der Waals surface area contributed by atoms with E-state index in [2.05, 4.69) is 10.3 Å². The van der Waals surface area contributed by atoms with E-state index in [0.717, 1.165) is 21.1 Å². The van der Waals surface area contributed by atoms with Crippen molar-refractivity contribution < 1.29 is 17.6 Å². The zero-order valence-electron chi connectivity index (χ0n) is 19.0. The molecule has 4 aromatic rings. The molecule has 0 saturated carbocycles. The maximum atomic E-state index is 13.3. The highest BCUT2D eigenvalue weighted by atomic mass is 32.2. The molecule has 1 unspecified atom stereocenters. The number of nitrogens with one attached hydrogen (secondary N) is 1. The number of aromatic nitrogens is 2. The van der Waals surface area contributed by atoms with Gasteiger partial charge in [-0.15, -0.1) is 0 Å². The van der Waals surface area contributed by atoms with Crippen LogP contribution in [0.15, 0.2) is 95.0 Å². The van der Waals surface area contributed by atoms with Crippen molar-refractivity contribution in [3.8, 4) is 5.69 Å². The zero-order valence-corrected chi connectivity index (χ0v) is 19.8. The normalized spacial score (nSPS) is 12.6. The molecule has 1 atom stereocenters. The number of nitrogens with zero attached hydrogens (tertiary/aromatic N) is 3. The molecule has 0 saturated heterocycles. The smallest absolute Gasteiger partial charge is 0.243 e. The summed E-state index contributed by atoms with van der Waals surface area (Å²) in [7, 11) is -3.92. The van der Waals surface area contributed by atoms with E-state index in [4.69, 9.17) is 4.42 Å². The van der Waals surface area contributed by atoms with Crippen molar-refractivity contribution in [2.45, 2.75) is 31.3 Å². The van der Waals surface area contributed by atoms with E-state index in [-0.39, 0.29) is 24.0 Å². The zero-order chi connectivity index (χ0) is 24.1. The van der Waals surface area contributed by atoms with E-state index in [1.54, 1.807) is 48.9 Å². The highest BCUT2D eigenvalue weighted by Gasteiger charge is 2.28. The van der Waals surface area contributed by atoms with Crippen molar-refractivity contribution in [1.82, 2.24) is 19.2 Å². The Kier molecular flexibility index (Phi) is 6.95. The van der Waals surface area contributed by atoms with E-state index in [0.29, 0.717) is 5.76 Å². The molecule has 2 aromatic heterocycles. The number of furan rings is 1. The van der Waals surface area contributed by atoms with Crippen molar-refractivity contribution in [2.24, 2.45) is 0 Å². The van der Waals surface area contributed by atoms with Crippen LogP contribution in [-0.2, 0) is 21.4 Å².